The maximum absolute atomic E-state index is 5.69. The SMILES string of the molecule is CC(C)OB(OC(C)C)c1cccs1. The second-order valence-corrected chi connectivity index (χ2v) is 4.70. The van der Waals surface area contributed by atoms with Gasteiger partial charge >= 0.3 is 7.12 Å². The van der Waals surface area contributed by atoms with E-state index < -0.39 is 0 Å². The Morgan fingerprint density at radius 1 is 1.14 bits per heavy atom. The van der Waals surface area contributed by atoms with Gasteiger partial charge in [-0.05, 0) is 33.1 Å². The average Bonchev–Trinajstić information content (AvgIpc) is 2.52. The summed E-state index contributed by atoms with van der Waals surface area (Å²) < 4.78 is 12.5. The minimum absolute atomic E-state index is 0.181. The topological polar surface area (TPSA) is 18.5 Å². The molecule has 0 unspecified atom stereocenters. The van der Waals surface area contributed by atoms with Crippen LogP contribution in [0, 0.1) is 0 Å². The molecule has 78 valence electrons. The quantitative estimate of drug-likeness (QED) is 0.697. The van der Waals surface area contributed by atoms with E-state index >= 15 is 0 Å². The van der Waals surface area contributed by atoms with E-state index in [4.69, 9.17) is 9.31 Å². The molecule has 0 amide bonds. The van der Waals surface area contributed by atoms with Crippen molar-refractivity contribution >= 4 is 23.2 Å². The lowest BCUT2D eigenvalue weighted by Crippen LogP contribution is -2.39. The van der Waals surface area contributed by atoms with Gasteiger partial charge in [0.1, 0.15) is 0 Å². The third-order valence-corrected chi connectivity index (χ3v) is 2.46. The first-order valence-corrected chi connectivity index (χ1v) is 5.82. The molecule has 0 fully saturated rings. The molecule has 1 heterocycles. The molecule has 0 N–H and O–H groups in total. The Morgan fingerprint density at radius 3 is 2.07 bits per heavy atom. The van der Waals surface area contributed by atoms with E-state index in [1.807, 2.05) is 45.2 Å². The molecule has 1 aromatic heterocycles. The van der Waals surface area contributed by atoms with Crippen molar-refractivity contribution in [2.75, 3.05) is 0 Å². The van der Waals surface area contributed by atoms with Crippen LogP contribution in [0.4, 0.5) is 0 Å². The predicted molar refractivity (Wildman–Crippen MR) is 62.1 cm³/mol. The fraction of sp³-hybridized carbons (Fsp3) is 0.600. The van der Waals surface area contributed by atoms with Gasteiger partial charge in [0.25, 0.3) is 0 Å². The summed E-state index contributed by atoms with van der Waals surface area (Å²) in [5.74, 6) is 0. The van der Waals surface area contributed by atoms with Crippen molar-refractivity contribution in [1.82, 2.24) is 0 Å². The molecule has 0 aliphatic rings. The lowest BCUT2D eigenvalue weighted by Gasteiger charge is -2.18. The molecular formula is C10H17BO2S. The van der Waals surface area contributed by atoms with Crippen LogP contribution in [-0.2, 0) is 9.31 Å². The normalized spacial score (nSPS) is 11.3. The first-order valence-electron chi connectivity index (χ1n) is 4.94. The van der Waals surface area contributed by atoms with E-state index in [1.165, 1.54) is 0 Å². The molecule has 0 saturated carbocycles. The lowest BCUT2D eigenvalue weighted by molar-refractivity contribution is 0.139. The van der Waals surface area contributed by atoms with Crippen LogP contribution in [0.5, 0.6) is 0 Å². The standard InChI is InChI=1S/C10H17BO2S/c1-8(2)12-11(13-9(3)4)10-6-5-7-14-10/h5-9H,1-4H3. The van der Waals surface area contributed by atoms with Crippen molar-refractivity contribution in [3.8, 4) is 0 Å². The van der Waals surface area contributed by atoms with Crippen LogP contribution in [0.1, 0.15) is 27.7 Å². The van der Waals surface area contributed by atoms with Gasteiger partial charge in [0.15, 0.2) is 0 Å². The third kappa shape index (κ3) is 3.82. The molecule has 0 bridgehead atoms. The zero-order valence-corrected chi connectivity index (χ0v) is 10.0. The second kappa shape index (κ2) is 5.54. The number of rotatable bonds is 5. The molecule has 2 nitrogen and oxygen atoms in total. The van der Waals surface area contributed by atoms with Crippen molar-refractivity contribution in [1.29, 1.82) is 0 Å². The first kappa shape index (κ1) is 11.8. The molecule has 0 atom stereocenters. The van der Waals surface area contributed by atoms with Crippen LogP contribution in [0.25, 0.3) is 0 Å². The lowest BCUT2D eigenvalue weighted by atomic mass is 9.86. The minimum atomic E-state index is -0.213. The third-order valence-electron chi connectivity index (χ3n) is 1.57. The summed E-state index contributed by atoms with van der Waals surface area (Å²) in [5, 5.41) is 2.04. The van der Waals surface area contributed by atoms with Crippen molar-refractivity contribution in [2.24, 2.45) is 0 Å². The van der Waals surface area contributed by atoms with Gasteiger partial charge in [-0.3, -0.25) is 0 Å². The van der Waals surface area contributed by atoms with Gasteiger partial charge in [-0.15, -0.1) is 0 Å². The minimum Gasteiger partial charge on any atom is -0.405 e. The Labute approximate surface area is 90.4 Å². The van der Waals surface area contributed by atoms with Gasteiger partial charge in [-0.25, -0.2) is 0 Å². The smallest absolute Gasteiger partial charge is 0.405 e. The van der Waals surface area contributed by atoms with Gasteiger partial charge < -0.3 is 9.31 Å². The molecule has 1 rings (SSSR count). The van der Waals surface area contributed by atoms with Gasteiger partial charge in [-0.1, -0.05) is 12.1 Å². The molecule has 0 aliphatic carbocycles. The van der Waals surface area contributed by atoms with Crippen LogP contribution in [-0.4, -0.2) is 19.3 Å². The Kier molecular flexibility index (Phi) is 4.65. The Bertz CT molecular complexity index is 237. The van der Waals surface area contributed by atoms with Crippen LogP contribution in [0.3, 0.4) is 0 Å². The zero-order valence-electron chi connectivity index (χ0n) is 9.19. The van der Waals surface area contributed by atoms with Crippen LogP contribution >= 0.6 is 11.3 Å². The highest BCUT2D eigenvalue weighted by atomic mass is 32.1. The fourth-order valence-electron chi connectivity index (χ4n) is 1.09. The fourth-order valence-corrected chi connectivity index (χ4v) is 1.78. The molecule has 0 saturated heterocycles. The number of hydrogen-bond donors (Lipinski definition) is 0. The first-order chi connectivity index (χ1) is 6.59. The van der Waals surface area contributed by atoms with Crippen molar-refractivity contribution < 1.29 is 9.31 Å². The van der Waals surface area contributed by atoms with Gasteiger partial charge in [0, 0.05) is 17.0 Å². The van der Waals surface area contributed by atoms with E-state index in [2.05, 4.69) is 0 Å². The highest BCUT2D eigenvalue weighted by Crippen LogP contribution is 2.04. The average molecular weight is 212 g/mol. The Hall–Kier alpha value is -0.315. The molecule has 1 aromatic rings. The Morgan fingerprint density at radius 2 is 1.71 bits per heavy atom. The molecular weight excluding hydrogens is 195 g/mol. The van der Waals surface area contributed by atoms with Crippen molar-refractivity contribution in [2.45, 2.75) is 39.9 Å². The highest BCUT2D eigenvalue weighted by Gasteiger charge is 2.24. The molecule has 4 heteroatoms. The summed E-state index contributed by atoms with van der Waals surface area (Å²) in [6.45, 7) is 8.07. The van der Waals surface area contributed by atoms with E-state index in [0.29, 0.717) is 0 Å². The van der Waals surface area contributed by atoms with Gasteiger partial charge in [0.2, 0.25) is 0 Å². The predicted octanol–water partition coefficient (Wildman–Crippen LogP) is 2.29. The summed E-state index contributed by atoms with van der Waals surface area (Å²) in [4.78, 5) is 0. The summed E-state index contributed by atoms with van der Waals surface area (Å²) in [5.41, 5.74) is 0. The molecule has 0 spiro atoms. The summed E-state index contributed by atoms with van der Waals surface area (Å²) in [6, 6.07) is 4.06. The maximum atomic E-state index is 5.69. The van der Waals surface area contributed by atoms with Crippen LogP contribution < -0.4 is 4.78 Å². The van der Waals surface area contributed by atoms with Gasteiger partial charge in [-0.2, -0.15) is 11.3 Å². The largest absolute Gasteiger partial charge is 0.504 e. The molecule has 14 heavy (non-hydrogen) atoms. The van der Waals surface area contributed by atoms with Crippen LogP contribution in [0.15, 0.2) is 17.5 Å². The number of hydrogen-bond acceptors (Lipinski definition) is 3. The Balaban J connectivity index is 2.62. The number of thiophene rings is 1. The second-order valence-electron chi connectivity index (χ2n) is 3.72. The summed E-state index contributed by atoms with van der Waals surface area (Å²) in [7, 11) is -0.213. The van der Waals surface area contributed by atoms with Crippen molar-refractivity contribution in [3.63, 3.8) is 0 Å². The molecule has 0 radical (unpaired) electrons. The van der Waals surface area contributed by atoms with Crippen LogP contribution in [0.2, 0.25) is 0 Å². The van der Waals surface area contributed by atoms with E-state index in [1.54, 1.807) is 11.3 Å². The van der Waals surface area contributed by atoms with E-state index in [9.17, 15) is 0 Å². The summed E-state index contributed by atoms with van der Waals surface area (Å²) in [6.07, 6.45) is 0.363. The molecule has 0 aromatic carbocycles. The summed E-state index contributed by atoms with van der Waals surface area (Å²) >= 11 is 1.66. The van der Waals surface area contributed by atoms with E-state index in [-0.39, 0.29) is 19.3 Å². The monoisotopic (exact) mass is 212 g/mol. The van der Waals surface area contributed by atoms with E-state index in [0.717, 1.165) is 4.78 Å². The highest BCUT2D eigenvalue weighted by molar-refractivity contribution is 7.20. The van der Waals surface area contributed by atoms with Crippen molar-refractivity contribution in [3.05, 3.63) is 17.5 Å². The van der Waals surface area contributed by atoms with Gasteiger partial charge in [0.05, 0.1) is 0 Å². The molecule has 0 aliphatic heterocycles. The zero-order chi connectivity index (χ0) is 10.6. The maximum Gasteiger partial charge on any atom is 0.504 e.